The molecule has 0 unspecified atom stereocenters. The van der Waals surface area contributed by atoms with Crippen molar-refractivity contribution in [2.75, 3.05) is 39.8 Å². The highest BCUT2D eigenvalue weighted by molar-refractivity contribution is 5.97. The molecule has 0 saturated carbocycles. The summed E-state index contributed by atoms with van der Waals surface area (Å²) in [5, 5.41) is 15.0. The molecule has 1 aromatic carbocycles. The highest BCUT2D eigenvalue weighted by Gasteiger charge is 2.09. The number of carboxylic acid groups (broad SMARTS) is 1. The first kappa shape index (κ1) is 19.1. The lowest BCUT2D eigenvalue weighted by molar-refractivity contribution is 0.0697. The van der Waals surface area contributed by atoms with Gasteiger partial charge in [0.15, 0.2) is 0 Å². The number of hydrogen-bond donors (Lipinski definition) is 3. The molecule has 0 atom stereocenters. The van der Waals surface area contributed by atoms with Crippen molar-refractivity contribution in [1.82, 2.24) is 15.5 Å². The zero-order valence-corrected chi connectivity index (χ0v) is 14.0. The number of rotatable bonds is 11. The number of benzene rings is 1. The van der Waals surface area contributed by atoms with E-state index in [-0.39, 0.29) is 11.5 Å². The monoisotopic (exact) mass is 321 g/mol. The van der Waals surface area contributed by atoms with Gasteiger partial charge in [-0.2, -0.15) is 0 Å². The van der Waals surface area contributed by atoms with Gasteiger partial charge < -0.3 is 20.6 Å². The highest BCUT2D eigenvalue weighted by atomic mass is 16.4. The van der Waals surface area contributed by atoms with Crippen LogP contribution in [0.1, 0.15) is 40.5 Å². The van der Waals surface area contributed by atoms with Crippen LogP contribution >= 0.6 is 0 Å². The zero-order chi connectivity index (χ0) is 17.1. The molecule has 6 nitrogen and oxygen atoms in total. The van der Waals surface area contributed by atoms with Crippen molar-refractivity contribution in [3.05, 3.63) is 35.4 Å². The molecule has 0 heterocycles. The minimum atomic E-state index is -1.03. The second-order valence-corrected chi connectivity index (χ2v) is 5.51. The van der Waals surface area contributed by atoms with Crippen LogP contribution in [0.3, 0.4) is 0 Å². The highest BCUT2D eigenvalue weighted by Crippen LogP contribution is 2.05. The summed E-state index contributed by atoms with van der Waals surface area (Å²) in [5.41, 5.74) is 0.502. The Morgan fingerprint density at radius 1 is 1.13 bits per heavy atom. The lowest BCUT2D eigenvalue weighted by Crippen LogP contribution is -2.29. The minimum absolute atomic E-state index is 0.123. The lowest BCUT2D eigenvalue weighted by atomic mass is 10.1. The van der Waals surface area contributed by atoms with Gasteiger partial charge in [-0.1, -0.05) is 13.0 Å². The zero-order valence-electron chi connectivity index (χ0n) is 14.0. The van der Waals surface area contributed by atoms with Crippen LogP contribution in [0, 0.1) is 0 Å². The van der Waals surface area contributed by atoms with Crippen LogP contribution in [0.5, 0.6) is 0 Å². The molecule has 0 aromatic heterocycles. The summed E-state index contributed by atoms with van der Waals surface area (Å²) in [7, 11) is 2.07. The smallest absolute Gasteiger partial charge is 0.335 e. The summed E-state index contributed by atoms with van der Waals surface area (Å²) in [4.78, 5) is 25.1. The third-order valence-electron chi connectivity index (χ3n) is 3.52. The molecule has 3 N–H and O–H groups in total. The van der Waals surface area contributed by atoms with Crippen molar-refractivity contribution in [3.8, 4) is 0 Å². The van der Waals surface area contributed by atoms with Crippen molar-refractivity contribution in [1.29, 1.82) is 0 Å². The molecule has 0 spiro atoms. The lowest BCUT2D eigenvalue weighted by Gasteiger charge is -2.16. The van der Waals surface area contributed by atoms with Gasteiger partial charge in [-0.15, -0.1) is 0 Å². The summed E-state index contributed by atoms with van der Waals surface area (Å²) in [6.07, 6.45) is 1.97. The number of carbonyl (C=O) groups excluding carboxylic acids is 1. The molecule has 0 radical (unpaired) electrons. The summed E-state index contributed by atoms with van der Waals surface area (Å²) in [6, 6.07) is 6.07. The van der Waals surface area contributed by atoms with Gasteiger partial charge in [0, 0.05) is 12.1 Å². The number of nitrogens with one attached hydrogen (secondary N) is 2. The Morgan fingerprint density at radius 3 is 2.43 bits per heavy atom. The Bertz CT molecular complexity index is 506. The summed E-state index contributed by atoms with van der Waals surface area (Å²) >= 11 is 0. The first-order chi connectivity index (χ1) is 11.0. The van der Waals surface area contributed by atoms with Crippen molar-refractivity contribution >= 4 is 11.9 Å². The quantitative estimate of drug-likeness (QED) is 0.537. The van der Waals surface area contributed by atoms with Crippen molar-refractivity contribution in [2.24, 2.45) is 0 Å². The summed E-state index contributed by atoms with van der Waals surface area (Å²) in [5.74, 6) is -1.26. The Hall–Kier alpha value is -1.92. The van der Waals surface area contributed by atoms with E-state index in [9.17, 15) is 9.59 Å². The van der Waals surface area contributed by atoms with E-state index < -0.39 is 5.97 Å². The number of carbonyl (C=O) groups is 2. The molecule has 0 saturated heterocycles. The van der Waals surface area contributed by atoms with Crippen molar-refractivity contribution in [3.63, 3.8) is 0 Å². The maximum Gasteiger partial charge on any atom is 0.335 e. The van der Waals surface area contributed by atoms with Gasteiger partial charge in [0.1, 0.15) is 0 Å². The van der Waals surface area contributed by atoms with Gasteiger partial charge in [-0.25, -0.2) is 4.79 Å². The van der Waals surface area contributed by atoms with Gasteiger partial charge >= 0.3 is 5.97 Å². The maximum atomic E-state index is 12.0. The van der Waals surface area contributed by atoms with Gasteiger partial charge in [0.25, 0.3) is 5.91 Å². The maximum absolute atomic E-state index is 12.0. The molecule has 1 rings (SSSR count). The van der Waals surface area contributed by atoms with Crippen molar-refractivity contribution < 1.29 is 14.7 Å². The predicted molar refractivity (Wildman–Crippen MR) is 91.0 cm³/mol. The van der Waals surface area contributed by atoms with Gasteiger partial charge in [0.05, 0.1) is 5.56 Å². The van der Waals surface area contributed by atoms with Crippen LogP contribution in [-0.4, -0.2) is 61.7 Å². The molecule has 0 aliphatic rings. The average Bonchev–Trinajstić information content (AvgIpc) is 2.55. The Labute approximate surface area is 137 Å². The standard InChI is InChI=1S/C17H27N3O3/c1-3-18-9-5-11-20(2)12-6-10-19-16(21)14-7-4-8-15(13-14)17(22)23/h4,7-8,13,18H,3,5-6,9-12H2,1-2H3,(H,19,21)(H,22,23). The number of carboxylic acids is 1. The van der Waals surface area contributed by atoms with E-state index in [1.54, 1.807) is 12.1 Å². The first-order valence-electron chi connectivity index (χ1n) is 8.05. The van der Waals surface area contributed by atoms with E-state index in [2.05, 4.69) is 29.5 Å². The third-order valence-corrected chi connectivity index (χ3v) is 3.52. The second kappa shape index (κ2) is 10.7. The van der Waals surface area contributed by atoms with Gasteiger partial charge in [-0.05, 0) is 64.3 Å². The largest absolute Gasteiger partial charge is 0.478 e. The Kier molecular flexibility index (Phi) is 8.94. The second-order valence-electron chi connectivity index (χ2n) is 5.51. The van der Waals surface area contributed by atoms with E-state index in [1.165, 1.54) is 12.1 Å². The fraction of sp³-hybridized carbons (Fsp3) is 0.529. The van der Waals surface area contributed by atoms with Gasteiger partial charge in [-0.3, -0.25) is 4.79 Å². The average molecular weight is 321 g/mol. The molecule has 0 aliphatic carbocycles. The Balaban J connectivity index is 2.24. The minimum Gasteiger partial charge on any atom is -0.478 e. The molecule has 1 aromatic rings. The van der Waals surface area contributed by atoms with Crippen LogP contribution in [0.25, 0.3) is 0 Å². The van der Waals surface area contributed by atoms with Crippen LogP contribution in [0.15, 0.2) is 24.3 Å². The molecule has 0 aliphatic heterocycles. The normalized spacial score (nSPS) is 10.7. The van der Waals surface area contributed by atoms with Crippen LogP contribution in [0.4, 0.5) is 0 Å². The molecule has 0 bridgehead atoms. The number of nitrogens with zero attached hydrogens (tertiary/aromatic N) is 1. The Morgan fingerprint density at radius 2 is 1.78 bits per heavy atom. The third kappa shape index (κ3) is 7.76. The topological polar surface area (TPSA) is 81.7 Å². The van der Waals surface area contributed by atoms with E-state index in [1.807, 2.05) is 0 Å². The van der Waals surface area contributed by atoms with E-state index >= 15 is 0 Å². The molecule has 1 amide bonds. The van der Waals surface area contributed by atoms with E-state index in [0.29, 0.717) is 12.1 Å². The molecule has 0 fully saturated rings. The van der Waals surface area contributed by atoms with Gasteiger partial charge in [0.2, 0.25) is 0 Å². The SMILES string of the molecule is CCNCCCN(C)CCCNC(=O)c1cccc(C(=O)O)c1. The van der Waals surface area contributed by atoms with Crippen LogP contribution < -0.4 is 10.6 Å². The molecule has 128 valence electrons. The van der Waals surface area contributed by atoms with E-state index in [0.717, 1.165) is 39.0 Å². The molecule has 6 heteroatoms. The van der Waals surface area contributed by atoms with Crippen molar-refractivity contribution in [2.45, 2.75) is 19.8 Å². The molecular weight excluding hydrogens is 294 g/mol. The summed E-state index contributed by atoms with van der Waals surface area (Å²) < 4.78 is 0. The van der Waals surface area contributed by atoms with E-state index in [4.69, 9.17) is 5.11 Å². The van der Waals surface area contributed by atoms with Crippen LogP contribution in [-0.2, 0) is 0 Å². The first-order valence-corrected chi connectivity index (χ1v) is 8.05. The summed E-state index contributed by atoms with van der Waals surface area (Å²) in [6.45, 7) is 6.64. The fourth-order valence-electron chi connectivity index (χ4n) is 2.21. The molecular formula is C17H27N3O3. The number of hydrogen-bond acceptors (Lipinski definition) is 4. The number of aromatic carboxylic acids is 1. The number of amides is 1. The predicted octanol–water partition coefficient (Wildman–Crippen LogP) is 1.44. The molecule has 23 heavy (non-hydrogen) atoms. The fourth-order valence-corrected chi connectivity index (χ4v) is 2.21. The van der Waals surface area contributed by atoms with Crippen LogP contribution in [0.2, 0.25) is 0 Å².